The van der Waals surface area contributed by atoms with Crippen molar-refractivity contribution in [2.75, 3.05) is 39.2 Å². The highest BCUT2D eigenvalue weighted by Crippen LogP contribution is 2.42. The zero-order valence-electron chi connectivity index (χ0n) is 20.9. The number of nitrogens with one attached hydrogen (secondary N) is 1. The molecule has 0 amide bonds. The van der Waals surface area contributed by atoms with E-state index < -0.39 is 5.82 Å². The Bertz CT molecular complexity index is 1300. The van der Waals surface area contributed by atoms with E-state index in [0.29, 0.717) is 49.1 Å². The molecule has 1 N–H and O–H groups in total. The standard InChI is InChI=1S/C27H30ClFN4O4/c1-33(18-12-25(34)37-15-18)9-10-36-24-14-23-20(13-19(24)16-5-3-4-6-16)26(32-27(31-23)35-2)30-17-7-8-22(29)21(28)11-17/h7-8,11,13-14,16,18H,3-6,9-10,12,15H2,1-2H3,(H,30,31,32). The molecule has 0 radical (unpaired) electrons. The van der Waals surface area contributed by atoms with E-state index in [9.17, 15) is 9.18 Å². The lowest BCUT2D eigenvalue weighted by Gasteiger charge is -2.23. The predicted molar refractivity (Wildman–Crippen MR) is 139 cm³/mol. The molecule has 0 bridgehead atoms. The Morgan fingerprint density at radius 1 is 1.22 bits per heavy atom. The first kappa shape index (κ1) is 25.5. The van der Waals surface area contributed by atoms with Crippen molar-refractivity contribution < 1.29 is 23.4 Å². The number of cyclic esters (lactones) is 1. The summed E-state index contributed by atoms with van der Waals surface area (Å²) in [5.74, 6) is 1.08. The minimum Gasteiger partial charge on any atom is -0.492 e. The van der Waals surface area contributed by atoms with Gasteiger partial charge in [-0.05, 0) is 55.6 Å². The quantitative estimate of drug-likeness (QED) is 0.366. The number of esters is 1. The number of anilines is 2. The van der Waals surface area contributed by atoms with Crippen molar-refractivity contribution in [2.24, 2.45) is 0 Å². The normalized spacial score (nSPS) is 18.0. The number of hydrogen-bond acceptors (Lipinski definition) is 8. The Balaban J connectivity index is 1.45. The molecule has 1 aliphatic heterocycles. The van der Waals surface area contributed by atoms with Crippen LogP contribution in [0.15, 0.2) is 30.3 Å². The van der Waals surface area contributed by atoms with E-state index in [0.717, 1.165) is 29.5 Å². The Morgan fingerprint density at radius 3 is 2.73 bits per heavy atom. The van der Waals surface area contributed by atoms with Gasteiger partial charge in [0.25, 0.3) is 0 Å². The van der Waals surface area contributed by atoms with E-state index in [-0.39, 0.29) is 23.0 Å². The topological polar surface area (TPSA) is 85.8 Å². The number of fused-ring (bicyclic) bond motifs is 1. The highest BCUT2D eigenvalue weighted by molar-refractivity contribution is 6.31. The lowest BCUT2D eigenvalue weighted by atomic mass is 9.95. The van der Waals surface area contributed by atoms with E-state index in [1.54, 1.807) is 6.07 Å². The second-order valence-corrected chi connectivity index (χ2v) is 9.98. The molecule has 196 valence electrons. The first-order valence-corrected chi connectivity index (χ1v) is 12.9. The smallest absolute Gasteiger partial charge is 0.318 e. The van der Waals surface area contributed by atoms with Gasteiger partial charge in [-0.2, -0.15) is 9.97 Å². The van der Waals surface area contributed by atoms with Gasteiger partial charge in [0.1, 0.15) is 30.6 Å². The first-order chi connectivity index (χ1) is 17.9. The summed E-state index contributed by atoms with van der Waals surface area (Å²) < 4.78 is 30.5. The fraction of sp³-hybridized carbons (Fsp3) is 0.444. The molecule has 1 unspecified atom stereocenters. The van der Waals surface area contributed by atoms with Crippen LogP contribution in [0.3, 0.4) is 0 Å². The van der Waals surface area contributed by atoms with Crippen LogP contribution in [0.5, 0.6) is 11.8 Å². The Kier molecular flexibility index (Phi) is 7.62. The Hall–Kier alpha value is -3.17. The first-order valence-electron chi connectivity index (χ1n) is 12.5. The van der Waals surface area contributed by atoms with E-state index >= 15 is 0 Å². The number of likely N-dealkylation sites (N-methyl/N-ethyl adjacent to an activating group) is 1. The summed E-state index contributed by atoms with van der Waals surface area (Å²) in [6.45, 7) is 1.55. The van der Waals surface area contributed by atoms with Gasteiger partial charge in [-0.1, -0.05) is 24.4 Å². The van der Waals surface area contributed by atoms with Crippen LogP contribution < -0.4 is 14.8 Å². The monoisotopic (exact) mass is 528 g/mol. The number of rotatable bonds is 9. The molecule has 2 fully saturated rings. The number of nitrogens with zero attached hydrogens (tertiary/aromatic N) is 3. The van der Waals surface area contributed by atoms with E-state index in [1.807, 2.05) is 13.1 Å². The van der Waals surface area contributed by atoms with Gasteiger partial charge >= 0.3 is 12.0 Å². The van der Waals surface area contributed by atoms with E-state index in [4.69, 9.17) is 25.8 Å². The van der Waals surface area contributed by atoms with E-state index in [1.165, 1.54) is 32.1 Å². The van der Waals surface area contributed by atoms with Crippen LogP contribution in [0.1, 0.15) is 43.6 Å². The molecule has 1 aliphatic carbocycles. The summed E-state index contributed by atoms with van der Waals surface area (Å²) in [7, 11) is 3.49. The van der Waals surface area contributed by atoms with Crippen LogP contribution in [0.25, 0.3) is 10.9 Å². The SMILES string of the molecule is COc1nc(Nc2ccc(F)c(Cl)c2)c2cc(C3CCCC3)c(OCCN(C)C3COC(=O)C3)cc2n1. The van der Waals surface area contributed by atoms with Crippen molar-refractivity contribution in [2.45, 2.75) is 44.1 Å². The maximum atomic E-state index is 13.7. The lowest BCUT2D eigenvalue weighted by Crippen LogP contribution is -2.35. The van der Waals surface area contributed by atoms with Gasteiger partial charge in [-0.25, -0.2) is 4.39 Å². The maximum Gasteiger partial charge on any atom is 0.318 e. The average Bonchev–Trinajstić information content (AvgIpc) is 3.58. The van der Waals surface area contributed by atoms with Crippen LogP contribution in [-0.2, 0) is 9.53 Å². The maximum absolute atomic E-state index is 13.7. The summed E-state index contributed by atoms with van der Waals surface area (Å²) in [5, 5.41) is 4.09. The molecule has 3 aromatic rings. The number of ether oxygens (including phenoxy) is 3. The second kappa shape index (κ2) is 11.1. The molecule has 37 heavy (non-hydrogen) atoms. The molecule has 1 saturated heterocycles. The highest BCUT2D eigenvalue weighted by atomic mass is 35.5. The zero-order valence-corrected chi connectivity index (χ0v) is 21.7. The molecule has 1 aromatic heterocycles. The number of halogens is 2. The van der Waals surface area contributed by atoms with Gasteiger partial charge in [0.05, 0.1) is 30.1 Å². The van der Waals surface area contributed by atoms with Crippen molar-refractivity contribution in [1.82, 2.24) is 14.9 Å². The van der Waals surface area contributed by atoms with Crippen molar-refractivity contribution in [1.29, 1.82) is 0 Å². The molecule has 10 heteroatoms. The van der Waals surface area contributed by atoms with Gasteiger partial charge in [0.2, 0.25) is 0 Å². The summed E-state index contributed by atoms with van der Waals surface area (Å²) in [4.78, 5) is 22.7. The number of methoxy groups -OCH3 is 1. The zero-order chi connectivity index (χ0) is 25.9. The van der Waals surface area contributed by atoms with E-state index in [2.05, 4.69) is 26.3 Å². The van der Waals surface area contributed by atoms with Crippen molar-refractivity contribution >= 4 is 40.0 Å². The average molecular weight is 529 g/mol. The van der Waals surface area contributed by atoms with Crippen LogP contribution in [-0.4, -0.2) is 60.8 Å². The molecular formula is C27H30ClFN4O4. The fourth-order valence-corrected chi connectivity index (χ4v) is 5.18. The van der Waals surface area contributed by atoms with Gasteiger partial charge in [0.15, 0.2) is 0 Å². The van der Waals surface area contributed by atoms with Crippen molar-refractivity contribution in [3.63, 3.8) is 0 Å². The van der Waals surface area contributed by atoms with Crippen LogP contribution in [0, 0.1) is 5.82 Å². The summed E-state index contributed by atoms with van der Waals surface area (Å²) >= 11 is 5.99. The molecule has 5 rings (SSSR count). The molecule has 2 heterocycles. The van der Waals surface area contributed by atoms with Crippen LogP contribution in [0.2, 0.25) is 5.02 Å². The van der Waals surface area contributed by atoms with Gasteiger partial charge in [-0.15, -0.1) is 0 Å². The number of carbonyl (C=O) groups is 1. The van der Waals surface area contributed by atoms with Crippen molar-refractivity contribution in [3.05, 3.63) is 46.7 Å². The number of benzene rings is 2. The van der Waals surface area contributed by atoms with Gasteiger partial charge < -0.3 is 19.5 Å². The fourth-order valence-electron chi connectivity index (χ4n) is 4.99. The number of aromatic nitrogens is 2. The van der Waals surface area contributed by atoms with Gasteiger partial charge in [-0.3, -0.25) is 9.69 Å². The molecule has 0 spiro atoms. The summed E-state index contributed by atoms with van der Waals surface area (Å²) in [6, 6.07) is 8.76. The van der Waals surface area contributed by atoms with Crippen LogP contribution in [0.4, 0.5) is 15.9 Å². The minimum atomic E-state index is -0.486. The van der Waals surface area contributed by atoms with Gasteiger partial charge in [0, 0.05) is 23.7 Å². The summed E-state index contributed by atoms with van der Waals surface area (Å²) in [5.41, 5.74) is 2.40. The minimum absolute atomic E-state index is 0.0242. The third-order valence-electron chi connectivity index (χ3n) is 7.13. The molecule has 1 saturated carbocycles. The predicted octanol–water partition coefficient (Wildman–Crippen LogP) is 5.46. The molecule has 2 aromatic carbocycles. The third kappa shape index (κ3) is 5.72. The molecule has 1 atom stereocenters. The number of hydrogen-bond donors (Lipinski definition) is 1. The highest BCUT2D eigenvalue weighted by Gasteiger charge is 2.27. The van der Waals surface area contributed by atoms with Crippen LogP contribution >= 0.6 is 11.6 Å². The molecule has 2 aliphatic rings. The largest absolute Gasteiger partial charge is 0.492 e. The lowest BCUT2D eigenvalue weighted by molar-refractivity contribution is -0.137. The van der Waals surface area contributed by atoms with Crippen molar-refractivity contribution in [3.8, 4) is 11.8 Å². The Labute approximate surface area is 220 Å². The Morgan fingerprint density at radius 2 is 2.03 bits per heavy atom. The second-order valence-electron chi connectivity index (χ2n) is 9.57. The summed E-state index contributed by atoms with van der Waals surface area (Å²) in [6.07, 6.45) is 4.95. The number of carbonyl (C=O) groups excluding carboxylic acids is 1. The molecular weight excluding hydrogens is 499 g/mol. The third-order valence-corrected chi connectivity index (χ3v) is 7.42. The molecule has 8 nitrogen and oxygen atoms in total.